The van der Waals surface area contributed by atoms with Crippen LogP contribution in [-0.2, 0) is 11.3 Å². The van der Waals surface area contributed by atoms with Gasteiger partial charge < -0.3 is 19.8 Å². The molecule has 1 aromatic heterocycles. The van der Waals surface area contributed by atoms with Gasteiger partial charge in [0.05, 0.1) is 18.7 Å². The molecule has 0 saturated heterocycles. The average molecular weight is 268 g/mol. The zero-order chi connectivity index (χ0) is 13.7. The number of hydrogen-bond acceptors (Lipinski definition) is 6. The molecule has 1 aliphatic rings. The highest BCUT2D eigenvalue weighted by Gasteiger charge is 2.28. The summed E-state index contributed by atoms with van der Waals surface area (Å²) in [5, 5.41) is 14.6. The molecule has 0 radical (unpaired) electrons. The zero-order valence-corrected chi connectivity index (χ0v) is 12.0. The predicted octanol–water partition coefficient (Wildman–Crippen LogP) is 1.79. The second-order valence-electron chi connectivity index (χ2n) is 5.48. The van der Waals surface area contributed by atoms with Crippen LogP contribution >= 0.6 is 0 Å². The van der Waals surface area contributed by atoms with E-state index in [1.54, 1.807) is 7.11 Å². The SMILES string of the molecule is COC1CCCC1Nc1nnc(CNCC(C)C)o1. The van der Waals surface area contributed by atoms with E-state index in [0.29, 0.717) is 24.4 Å². The van der Waals surface area contributed by atoms with Crippen molar-refractivity contribution in [2.24, 2.45) is 5.92 Å². The van der Waals surface area contributed by atoms with Crippen molar-refractivity contribution in [3.8, 4) is 0 Å². The minimum absolute atomic E-state index is 0.245. The molecule has 2 atom stereocenters. The van der Waals surface area contributed by atoms with Crippen molar-refractivity contribution in [2.45, 2.75) is 51.8 Å². The topological polar surface area (TPSA) is 72.2 Å². The molecular weight excluding hydrogens is 244 g/mol. The number of nitrogens with zero attached hydrogens (tertiary/aromatic N) is 2. The van der Waals surface area contributed by atoms with E-state index in [2.05, 4.69) is 34.7 Å². The number of methoxy groups -OCH3 is 1. The van der Waals surface area contributed by atoms with Gasteiger partial charge in [-0.2, -0.15) is 0 Å². The summed E-state index contributed by atoms with van der Waals surface area (Å²) in [5.74, 6) is 1.23. The third kappa shape index (κ3) is 4.18. The molecule has 0 amide bonds. The summed E-state index contributed by atoms with van der Waals surface area (Å²) < 4.78 is 11.0. The Morgan fingerprint density at radius 3 is 2.95 bits per heavy atom. The van der Waals surface area contributed by atoms with Crippen molar-refractivity contribution in [1.29, 1.82) is 0 Å². The summed E-state index contributed by atoms with van der Waals surface area (Å²) in [5.41, 5.74) is 0. The molecule has 0 aliphatic heterocycles. The van der Waals surface area contributed by atoms with Gasteiger partial charge in [0.2, 0.25) is 5.89 Å². The number of nitrogens with one attached hydrogen (secondary N) is 2. The maximum atomic E-state index is 5.57. The Morgan fingerprint density at radius 2 is 2.21 bits per heavy atom. The highest BCUT2D eigenvalue weighted by molar-refractivity contribution is 5.21. The molecule has 0 aromatic carbocycles. The second-order valence-corrected chi connectivity index (χ2v) is 5.48. The number of hydrogen-bond donors (Lipinski definition) is 2. The maximum absolute atomic E-state index is 5.57. The van der Waals surface area contributed by atoms with Gasteiger partial charge in [0, 0.05) is 7.11 Å². The smallest absolute Gasteiger partial charge is 0.315 e. The van der Waals surface area contributed by atoms with E-state index in [1.165, 1.54) is 6.42 Å². The number of rotatable bonds is 7. The third-order valence-electron chi connectivity index (χ3n) is 3.36. The van der Waals surface area contributed by atoms with E-state index in [4.69, 9.17) is 9.15 Å². The Kier molecular flexibility index (Phi) is 5.15. The summed E-state index contributed by atoms with van der Waals surface area (Å²) in [6.45, 7) is 5.89. The molecule has 19 heavy (non-hydrogen) atoms. The Morgan fingerprint density at radius 1 is 1.37 bits per heavy atom. The van der Waals surface area contributed by atoms with Crippen LogP contribution in [0.1, 0.15) is 39.0 Å². The number of anilines is 1. The molecular formula is C13H24N4O2. The van der Waals surface area contributed by atoms with Gasteiger partial charge in [-0.05, 0) is 31.7 Å². The zero-order valence-electron chi connectivity index (χ0n) is 12.0. The van der Waals surface area contributed by atoms with Gasteiger partial charge in [-0.1, -0.05) is 18.9 Å². The van der Waals surface area contributed by atoms with Gasteiger partial charge in [0.1, 0.15) is 0 Å². The Bertz CT molecular complexity index is 380. The van der Waals surface area contributed by atoms with Crippen molar-refractivity contribution < 1.29 is 9.15 Å². The quantitative estimate of drug-likeness (QED) is 0.785. The second kappa shape index (κ2) is 6.86. The first-order chi connectivity index (χ1) is 9.19. The van der Waals surface area contributed by atoms with Gasteiger partial charge in [0.15, 0.2) is 0 Å². The van der Waals surface area contributed by atoms with Crippen LogP contribution in [0.4, 0.5) is 6.01 Å². The normalized spacial score (nSPS) is 23.2. The Balaban J connectivity index is 1.80. The molecule has 0 bridgehead atoms. The van der Waals surface area contributed by atoms with Crippen molar-refractivity contribution in [2.75, 3.05) is 19.0 Å². The highest BCUT2D eigenvalue weighted by Crippen LogP contribution is 2.24. The van der Waals surface area contributed by atoms with E-state index in [0.717, 1.165) is 19.4 Å². The van der Waals surface area contributed by atoms with E-state index >= 15 is 0 Å². The third-order valence-corrected chi connectivity index (χ3v) is 3.36. The molecule has 108 valence electrons. The number of ether oxygens (including phenoxy) is 1. The van der Waals surface area contributed by atoms with Crippen LogP contribution in [0.2, 0.25) is 0 Å². The molecule has 2 unspecified atom stereocenters. The van der Waals surface area contributed by atoms with Crippen LogP contribution in [0.3, 0.4) is 0 Å². The van der Waals surface area contributed by atoms with Crippen LogP contribution in [0.5, 0.6) is 0 Å². The van der Waals surface area contributed by atoms with E-state index in [9.17, 15) is 0 Å². The molecule has 6 nitrogen and oxygen atoms in total. The van der Waals surface area contributed by atoms with Crippen LogP contribution in [0, 0.1) is 5.92 Å². The van der Waals surface area contributed by atoms with Crippen molar-refractivity contribution in [1.82, 2.24) is 15.5 Å². The monoisotopic (exact) mass is 268 g/mol. The first kappa shape index (κ1) is 14.3. The van der Waals surface area contributed by atoms with Crippen molar-refractivity contribution in [3.63, 3.8) is 0 Å². The molecule has 1 fully saturated rings. The van der Waals surface area contributed by atoms with Gasteiger partial charge in [-0.25, -0.2) is 0 Å². The molecule has 1 saturated carbocycles. The van der Waals surface area contributed by atoms with Gasteiger partial charge in [-0.15, -0.1) is 5.10 Å². The summed E-state index contributed by atoms with van der Waals surface area (Å²) >= 11 is 0. The fraction of sp³-hybridized carbons (Fsp3) is 0.846. The van der Waals surface area contributed by atoms with Crippen molar-refractivity contribution in [3.05, 3.63) is 5.89 Å². The minimum atomic E-state index is 0.245. The van der Waals surface area contributed by atoms with Crippen LogP contribution in [0.15, 0.2) is 4.42 Å². The van der Waals surface area contributed by atoms with E-state index < -0.39 is 0 Å². The lowest BCUT2D eigenvalue weighted by Crippen LogP contribution is -2.29. The first-order valence-electron chi connectivity index (χ1n) is 7.01. The van der Waals surface area contributed by atoms with E-state index in [-0.39, 0.29) is 12.1 Å². The summed E-state index contributed by atoms with van der Waals surface area (Å²) in [6, 6.07) is 0.775. The van der Waals surface area contributed by atoms with Crippen LogP contribution in [-0.4, -0.2) is 36.0 Å². The molecule has 2 rings (SSSR count). The van der Waals surface area contributed by atoms with Gasteiger partial charge >= 0.3 is 6.01 Å². The Labute approximate surface area is 114 Å². The first-order valence-corrected chi connectivity index (χ1v) is 7.01. The lowest BCUT2D eigenvalue weighted by molar-refractivity contribution is 0.100. The molecule has 1 aliphatic carbocycles. The summed E-state index contributed by atoms with van der Waals surface area (Å²) in [7, 11) is 1.75. The lowest BCUT2D eigenvalue weighted by Gasteiger charge is -2.17. The maximum Gasteiger partial charge on any atom is 0.315 e. The minimum Gasteiger partial charge on any atom is -0.407 e. The predicted molar refractivity (Wildman–Crippen MR) is 72.9 cm³/mol. The molecule has 6 heteroatoms. The molecule has 1 heterocycles. The van der Waals surface area contributed by atoms with Crippen LogP contribution < -0.4 is 10.6 Å². The lowest BCUT2D eigenvalue weighted by atomic mass is 10.2. The molecule has 2 N–H and O–H groups in total. The largest absolute Gasteiger partial charge is 0.407 e. The van der Waals surface area contributed by atoms with Crippen molar-refractivity contribution >= 4 is 6.01 Å². The number of aromatic nitrogens is 2. The fourth-order valence-corrected chi connectivity index (χ4v) is 2.38. The van der Waals surface area contributed by atoms with E-state index in [1.807, 2.05) is 0 Å². The summed E-state index contributed by atoms with van der Waals surface area (Å²) in [6.07, 6.45) is 3.59. The fourth-order valence-electron chi connectivity index (χ4n) is 2.38. The van der Waals surface area contributed by atoms with Gasteiger partial charge in [-0.3, -0.25) is 0 Å². The molecule has 0 spiro atoms. The summed E-state index contributed by atoms with van der Waals surface area (Å²) in [4.78, 5) is 0. The molecule has 1 aromatic rings. The Hall–Kier alpha value is -1.14. The average Bonchev–Trinajstić information content (AvgIpc) is 2.98. The standard InChI is InChI=1S/C13H24N4O2/c1-9(2)7-14-8-12-16-17-13(19-12)15-10-5-4-6-11(10)18-3/h9-11,14H,4-8H2,1-3H3,(H,15,17). The highest BCUT2D eigenvalue weighted by atomic mass is 16.5. The van der Waals surface area contributed by atoms with Crippen LogP contribution in [0.25, 0.3) is 0 Å². The van der Waals surface area contributed by atoms with Gasteiger partial charge in [0.25, 0.3) is 0 Å².